The van der Waals surface area contributed by atoms with Gasteiger partial charge in [-0.1, -0.05) is 162 Å². The number of rotatable bonds is 15. The molecule has 12 aromatic rings. The fourth-order valence-corrected chi connectivity index (χ4v) is 21.7. The molecule has 0 radical (unpaired) electrons. The van der Waals surface area contributed by atoms with Gasteiger partial charge < -0.3 is 50.1 Å². The molecule has 0 spiro atoms. The van der Waals surface area contributed by atoms with Crippen LogP contribution in [-0.4, -0.2) is 178 Å². The summed E-state index contributed by atoms with van der Waals surface area (Å²) >= 11 is 5.95. The fraction of sp³-hybridized carbons (Fsp3) is 0.434. The van der Waals surface area contributed by atoms with E-state index >= 15 is 0 Å². The molecule has 27 heteroatoms. The number of nitrogens with zero attached hydrogens (tertiary/aromatic N) is 16. The molecule has 5 N–H and O–H groups in total. The first kappa shape index (κ1) is 92.9. The minimum Gasteiger partial charge on any atom is -0.481 e. The highest BCUT2D eigenvalue weighted by molar-refractivity contribution is 6.29. The van der Waals surface area contributed by atoms with E-state index in [0.717, 1.165) is 247 Å². The van der Waals surface area contributed by atoms with Crippen molar-refractivity contribution in [3.63, 3.8) is 0 Å². The lowest BCUT2D eigenvalue weighted by Crippen LogP contribution is -2.35. The third kappa shape index (κ3) is 20.0. The van der Waals surface area contributed by atoms with Crippen molar-refractivity contribution in [1.29, 1.82) is 0 Å². The van der Waals surface area contributed by atoms with Gasteiger partial charge in [-0.15, -0.1) is 0 Å². The number of methoxy groups -OCH3 is 1. The Hall–Kier alpha value is -11.9. The van der Waals surface area contributed by atoms with Crippen molar-refractivity contribution in [1.82, 2.24) is 63.5 Å². The largest absolute Gasteiger partial charge is 0.481 e. The molecular weight excluding hydrogens is 1690 g/mol. The highest BCUT2D eigenvalue weighted by Crippen LogP contribution is 2.43. The van der Waals surface area contributed by atoms with Crippen molar-refractivity contribution in [2.45, 2.75) is 222 Å². The second-order valence-electron chi connectivity index (χ2n) is 37.4. The maximum Gasteiger partial charge on any atom is 0.261 e. The Bertz CT molecular complexity index is 6360. The zero-order chi connectivity index (χ0) is 92.5. The highest BCUT2D eigenvalue weighted by atomic mass is 35.5. The minimum atomic E-state index is -0.506. The predicted octanol–water partition coefficient (Wildman–Crippen LogP) is 16.1. The maximum absolute atomic E-state index is 13.6. The molecule has 0 unspecified atom stereocenters. The van der Waals surface area contributed by atoms with E-state index in [0.29, 0.717) is 63.8 Å². The molecule has 10 atom stereocenters. The van der Waals surface area contributed by atoms with Crippen LogP contribution in [0.1, 0.15) is 233 Å². The van der Waals surface area contributed by atoms with E-state index in [4.69, 9.17) is 36.3 Å². The number of hydrogen-bond donors (Lipinski definition) is 5. The van der Waals surface area contributed by atoms with E-state index in [1.807, 2.05) is 101 Å². The minimum absolute atomic E-state index is 0.0656. The first-order valence-corrected chi connectivity index (χ1v) is 48.2. The molecular formula is C106H124ClN17O9. The summed E-state index contributed by atoms with van der Waals surface area (Å²) in [5.74, 6) is 1.53. The van der Waals surface area contributed by atoms with E-state index in [1.54, 1.807) is 75.3 Å². The number of hydrogen-bond acceptors (Lipinski definition) is 22. The number of halogens is 1. The van der Waals surface area contributed by atoms with Gasteiger partial charge in [0, 0.05) is 126 Å². The number of benzene rings is 4. The SMILES string of the molecule is CC[C@@H]1CCCC[C@H]1NC.CN1CC=Cc2c(Cc3ccc(Cl)nc3)cc3c(=O)n([C@H]4CCCC[C@@H]4O)cnc3c21.CN1CC=Cc2c(Cc3cccnc3)cc3c(=O)n([C@H]4CCCC[C@@H]4O)cnc3c21.CN1CC=Cc2c(Cc3cccnc3)cc3c(=O)n([C@H]4CCCC[C@@H]4O)cnc3c21.COc1ccc(Cc2cc3c(=O)n([C@H]4CCCC[C@@H]4O)cnc3c3c2C=CCN3C)cn1. The van der Waals surface area contributed by atoms with Crippen molar-refractivity contribution < 1.29 is 25.2 Å². The molecule has 0 amide bonds. The van der Waals surface area contributed by atoms with Crippen molar-refractivity contribution in [2.75, 3.05) is 88.1 Å². The number of aliphatic hydroxyl groups excluding tert-OH is 4. The van der Waals surface area contributed by atoms with Gasteiger partial charge in [0.05, 0.1) is 125 Å². The number of pyridine rings is 4. The van der Waals surface area contributed by atoms with Gasteiger partial charge in [-0.05, 0) is 190 Å². The molecule has 5 saturated carbocycles. The number of anilines is 4. The number of likely N-dealkylation sites (N-methyl/N-ethyl adjacent to an activating group) is 4. The Balaban J connectivity index is 0.000000119. The van der Waals surface area contributed by atoms with Crippen LogP contribution >= 0.6 is 11.6 Å². The van der Waals surface area contributed by atoms with Crippen LogP contribution in [0.2, 0.25) is 5.15 Å². The molecule has 12 heterocycles. The van der Waals surface area contributed by atoms with Crippen LogP contribution in [0.5, 0.6) is 5.88 Å². The molecule has 9 aliphatic rings. The lowest BCUT2D eigenvalue weighted by molar-refractivity contribution is 0.0733. The molecule has 694 valence electrons. The van der Waals surface area contributed by atoms with Crippen molar-refractivity contribution in [3.8, 4) is 5.88 Å². The van der Waals surface area contributed by atoms with Crippen LogP contribution in [0.25, 0.3) is 67.9 Å². The van der Waals surface area contributed by atoms with Crippen LogP contribution in [0.3, 0.4) is 0 Å². The van der Waals surface area contributed by atoms with Gasteiger partial charge in [0.2, 0.25) is 5.88 Å². The zero-order valence-electron chi connectivity index (χ0n) is 77.5. The van der Waals surface area contributed by atoms with Gasteiger partial charge in [0.15, 0.2) is 0 Å². The Labute approximate surface area is 781 Å². The summed E-state index contributed by atoms with van der Waals surface area (Å²) in [6.45, 7) is 5.40. The topological polar surface area (TPSA) is 306 Å². The molecule has 26 nitrogen and oxygen atoms in total. The number of ether oxygens (including phenoxy) is 1. The van der Waals surface area contributed by atoms with E-state index < -0.39 is 24.4 Å². The molecule has 4 aliphatic heterocycles. The van der Waals surface area contributed by atoms with Crippen LogP contribution < -0.4 is 51.9 Å². The molecule has 0 bridgehead atoms. The summed E-state index contributed by atoms with van der Waals surface area (Å²) in [6, 6.07) is 23.5. The molecule has 8 aromatic heterocycles. The number of fused-ring (bicyclic) bond motifs is 12. The second kappa shape index (κ2) is 42.1. The van der Waals surface area contributed by atoms with Crippen molar-refractivity contribution >= 4 is 102 Å². The number of aliphatic hydroxyl groups is 4. The van der Waals surface area contributed by atoms with Crippen LogP contribution in [0.15, 0.2) is 179 Å². The smallest absolute Gasteiger partial charge is 0.261 e. The summed E-state index contributed by atoms with van der Waals surface area (Å²) in [5, 5.41) is 48.3. The standard InChI is InChI=1S/C25H28N4O3.C24H25ClN4O2.2C24H26N4O2.C9H19N/c1-28-11-5-6-18-17(12-16-9-10-22(32-2)26-14-16)13-19-23(24(18)28)27-15-29(25(19)31)20-7-3-4-8-21(20)30;1-28-10-4-5-17-16(11-15-8-9-21(25)26-13-15)12-18-22(23(17)28)27-14-29(24(18)31)19-6-2-3-7-20(19)30;2*1-27-11-5-7-18-17(12-16-6-4-10-25-14-16)13-19-22(23(18)27)26-15-28(24(19)30)20-8-2-3-9-21(20)29;1-3-8-6-4-5-7-9(8)10-2/h5-6,9-10,13-15,20-21,30H,3-4,7-8,11-12H2,1-2H3;4-5,8-9,12-14,19-20,30H,2-3,6-7,10-11H2,1H3;2*4-7,10,13-15,20-21,29H,2-3,8-9,11-12H2,1H3;8-10H,3-7H2,1-2H3/t20-,21-;19-,20-;2*20-,21-;8-,9-/m00001/s1. The molecule has 5 fully saturated rings. The van der Waals surface area contributed by atoms with Gasteiger partial charge in [-0.2, -0.15) is 0 Å². The summed E-state index contributed by atoms with van der Waals surface area (Å²) in [6.07, 6.45) is 56.4. The zero-order valence-corrected chi connectivity index (χ0v) is 78.2. The van der Waals surface area contributed by atoms with Gasteiger partial charge in [-0.3, -0.25) is 47.4 Å². The maximum atomic E-state index is 13.6. The van der Waals surface area contributed by atoms with Gasteiger partial charge in [0.25, 0.3) is 22.2 Å². The molecule has 133 heavy (non-hydrogen) atoms. The normalized spacial score (nSPS) is 21.8. The molecule has 4 aromatic carbocycles. The second-order valence-corrected chi connectivity index (χ2v) is 37.8. The number of aromatic nitrogens is 12. The van der Waals surface area contributed by atoms with Gasteiger partial charge >= 0.3 is 0 Å². The fourth-order valence-electron chi connectivity index (χ4n) is 21.6. The monoisotopic (exact) mass is 1810 g/mol. The quantitative estimate of drug-likeness (QED) is 0.0596. The van der Waals surface area contributed by atoms with E-state index in [9.17, 15) is 39.6 Å². The first-order chi connectivity index (χ1) is 64.7. The Morgan fingerprint density at radius 1 is 0.391 bits per heavy atom. The van der Waals surface area contributed by atoms with Crippen LogP contribution in [0, 0.1) is 5.92 Å². The first-order valence-electron chi connectivity index (χ1n) is 47.8. The van der Waals surface area contributed by atoms with Crippen LogP contribution in [-0.2, 0) is 25.7 Å². The third-order valence-electron chi connectivity index (χ3n) is 28.7. The third-order valence-corrected chi connectivity index (χ3v) is 28.9. The average molecular weight is 1820 g/mol. The Kier molecular flexibility index (Phi) is 29.4. The summed E-state index contributed by atoms with van der Waals surface area (Å²) in [4.78, 5) is 98.7. The summed E-state index contributed by atoms with van der Waals surface area (Å²) in [5.41, 5.74) is 19.5. The summed E-state index contributed by atoms with van der Waals surface area (Å²) < 4.78 is 11.8. The molecule has 21 rings (SSSR count). The number of nitrogens with one attached hydrogen (secondary N) is 1. The van der Waals surface area contributed by atoms with Crippen molar-refractivity contribution in [3.05, 3.63) is 273 Å². The Morgan fingerprint density at radius 2 is 0.699 bits per heavy atom. The van der Waals surface area contributed by atoms with E-state index in [2.05, 4.69) is 120 Å². The molecule has 0 saturated heterocycles. The Morgan fingerprint density at radius 3 is 0.970 bits per heavy atom. The van der Waals surface area contributed by atoms with E-state index in [1.165, 1.54) is 32.1 Å². The highest BCUT2D eigenvalue weighted by Gasteiger charge is 2.35. The summed E-state index contributed by atoms with van der Waals surface area (Å²) in [7, 11) is 11.8. The lowest BCUT2D eigenvalue weighted by Gasteiger charge is -2.30. The predicted molar refractivity (Wildman–Crippen MR) is 532 cm³/mol. The van der Waals surface area contributed by atoms with Crippen LogP contribution in [0.4, 0.5) is 22.7 Å². The van der Waals surface area contributed by atoms with Gasteiger partial charge in [-0.25, -0.2) is 29.9 Å². The molecule has 5 aliphatic carbocycles. The average Bonchev–Trinajstić information content (AvgIpc) is 0.757. The van der Waals surface area contributed by atoms with E-state index in [-0.39, 0.29) is 46.4 Å². The van der Waals surface area contributed by atoms with Gasteiger partial charge in [0.1, 0.15) is 27.2 Å². The lowest BCUT2D eigenvalue weighted by atomic mass is 9.83. The van der Waals surface area contributed by atoms with Crippen molar-refractivity contribution in [2.24, 2.45) is 5.92 Å².